The van der Waals surface area contributed by atoms with E-state index >= 15 is 4.79 Å². The molecule has 2 aromatic carbocycles. The van der Waals surface area contributed by atoms with Gasteiger partial charge in [0.1, 0.15) is 89.5 Å². The molecule has 46 heteroatoms. The van der Waals surface area contributed by atoms with Crippen molar-refractivity contribution in [1.29, 1.82) is 16.2 Å². The lowest BCUT2D eigenvalue weighted by Gasteiger charge is -2.39. The molecule has 0 bridgehead atoms. The molecule has 0 radical (unpaired) electrons. The fraction of sp³-hybridized carbons (Fsp3) is 0.585. The number of aromatic nitrogens is 2. The van der Waals surface area contributed by atoms with Crippen LogP contribution in [0, 0.1) is 39.9 Å². The van der Waals surface area contributed by atoms with Gasteiger partial charge in [0.2, 0.25) is 94.5 Å². The van der Waals surface area contributed by atoms with Crippen LogP contribution in [0.15, 0.2) is 61.1 Å². The Morgan fingerprint density at radius 1 is 0.422 bits per heavy atom. The number of amides is 16. The lowest BCUT2D eigenvalue weighted by molar-refractivity contribution is -0.142. The molecule has 1 aromatic heterocycles. The molecular weight excluding hydrogens is 1670 g/mol. The van der Waals surface area contributed by atoms with Gasteiger partial charge in [-0.25, -0.2) is 4.98 Å². The summed E-state index contributed by atoms with van der Waals surface area (Å²) >= 11 is 0. The van der Waals surface area contributed by atoms with E-state index in [0.717, 1.165) is 0 Å². The van der Waals surface area contributed by atoms with Crippen LogP contribution in [-0.4, -0.2) is 243 Å². The fourth-order valence-electron chi connectivity index (χ4n) is 13.7. The van der Waals surface area contributed by atoms with Gasteiger partial charge in [0.15, 0.2) is 17.9 Å². The molecule has 2 heterocycles. The summed E-state index contributed by atoms with van der Waals surface area (Å²) in [4.78, 5) is 233. The summed E-state index contributed by atoms with van der Waals surface area (Å²) in [5, 5.41) is 85.0. The van der Waals surface area contributed by atoms with Crippen LogP contribution < -0.4 is 119 Å². The number of nitrogens with one attached hydrogen (secondary N) is 20. The Kier molecular flexibility index (Phi) is 44.9. The molecule has 46 nitrogen and oxygen atoms in total. The van der Waals surface area contributed by atoms with Gasteiger partial charge in [0.25, 0.3) is 0 Å². The van der Waals surface area contributed by atoms with Gasteiger partial charge in [0, 0.05) is 90.2 Å². The molecule has 708 valence electrons. The predicted octanol–water partition coefficient (Wildman–Crippen LogP) is -5.44. The Morgan fingerprint density at radius 2 is 0.766 bits per heavy atom. The number of aromatic hydroxyl groups is 2. The number of aromatic amines is 1. The average Bonchev–Trinajstić information content (AvgIpc) is 0.810. The van der Waals surface area contributed by atoms with Crippen LogP contribution >= 0.6 is 0 Å². The SMILES string of the molecule is CC(=O)N[C@@H](CC(C)C)C(=O)N[C@@H](CCCNC(=N)N)C(=O)N[C@@H](Cc1cnc[nH]1)C(=O)N[C@@H](Cc1ccc(O)cc1)C(=O)N[C@@H](CC(C)C)C(=O)N[C@@H](CC(N)=O)C(=O)N[C@@H](CC(C)C)C(=O)N[C@H](C(=O)NC1(C(=O)N[C@@H](CCCNC(=N)N)C(=O)N[C@@H](CCC(N)=O)C(=O)N[C@@H](CCCNC(=N)N)C(=O)N[C@@H](Cc2ccc(O)cc2)C(N)=O)CCOCC1)C(C)C. The first-order valence-electron chi connectivity index (χ1n) is 42.4. The third-order valence-corrected chi connectivity index (χ3v) is 20.3. The number of nitrogens with two attached hydrogens (primary N) is 6. The number of nitrogens with zero attached hydrogens (tertiary/aromatic N) is 1. The largest absolute Gasteiger partial charge is 0.508 e. The molecule has 0 saturated carbocycles. The van der Waals surface area contributed by atoms with Crippen LogP contribution in [0.1, 0.15) is 169 Å². The minimum atomic E-state index is -1.92. The van der Waals surface area contributed by atoms with E-state index in [1.165, 1.54) is 68.0 Å². The number of rotatable bonds is 56. The second-order valence-electron chi connectivity index (χ2n) is 33.2. The van der Waals surface area contributed by atoms with Gasteiger partial charge in [-0.2, -0.15) is 0 Å². The molecule has 128 heavy (non-hydrogen) atoms. The van der Waals surface area contributed by atoms with E-state index < -0.39 is 221 Å². The Labute approximate surface area is 742 Å². The summed E-state index contributed by atoms with van der Waals surface area (Å²) in [6.07, 6.45) is -0.680. The summed E-state index contributed by atoms with van der Waals surface area (Å²) in [6.45, 7) is 14.6. The lowest BCUT2D eigenvalue weighted by Crippen LogP contribution is -2.67. The molecule has 1 aliphatic heterocycles. The Hall–Kier alpha value is -13.5. The Bertz CT molecular complexity index is 4280. The maximum Gasteiger partial charge on any atom is 0.246 e. The first kappa shape index (κ1) is 107. The molecule has 1 aliphatic rings. The molecule has 34 N–H and O–H groups in total. The van der Waals surface area contributed by atoms with Gasteiger partial charge in [-0.15, -0.1) is 0 Å². The highest BCUT2D eigenvalue weighted by atomic mass is 16.5. The molecule has 1 saturated heterocycles. The second-order valence-corrected chi connectivity index (χ2v) is 33.2. The number of phenolic OH excluding ortho intramolecular Hbond substituents is 2. The number of carbonyl (C=O) groups is 16. The van der Waals surface area contributed by atoms with Crippen molar-refractivity contribution < 1.29 is 91.7 Å². The molecule has 3 aromatic rings. The summed E-state index contributed by atoms with van der Waals surface area (Å²) < 4.78 is 5.65. The van der Waals surface area contributed by atoms with Crippen LogP contribution in [-0.2, 0) is 101 Å². The van der Waals surface area contributed by atoms with Crippen molar-refractivity contribution in [3.8, 4) is 11.5 Å². The molecule has 0 spiro atoms. The van der Waals surface area contributed by atoms with Gasteiger partial charge < -0.3 is 139 Å². The number of primary amides is 3. The second kappa shape index (κ2) is 53.8. The maximum absolute atomic E-state index is 15.1. The van der Waals surface area contributed by atoms with Crippen LogP contribution in [0.5, 0.6) is 11.5 Å². The van der Waals surface area contributed by atoms with E-state index in [0.29, 0.717) is 16.8 Å². The fourth-order valence-corrected chi connectivity index (χ4v) is 13.7. The number of guanidine groups is 3. The third kappa shape index (κ3) is 39.4. The van der Waals surface area contributed by atoms with E-state index in [1.807, 2.05) is 13.8 Å². The molecular formula is C82H131N27O19. The summed E-state index contributed by atoms with van der Waals surface area (Å²) in [5.41, 5.74) is 32.8. The van der Waals surface area contributed by atoms with Crippen LogP contribution in [0.2, 0.25) is 0 Å². The van der Waals surface area contributed by atoms with E-state index in [9.17, 15) is 82.1 Å². The van der Waals surface area contributed by atoms with Crippen LogP contribution in [0.25, 0.3) is 0 Å². The first-order chi connectivity index (χ1) is 60.2. The van der Waals surface area contributed by atoms with Gasteiger partial charge in [0.05, 0.1) is 12.7 Å². The Morgan fingerprint density at radius 3 is 1.14 bits per heavy atom. The normalized spacial score (nSPS) is 15.0. The van der Waals surface area contributed by atoms with Crippen molar-refractivity contribution in [2.45, 2.75) is 250 Å². The molecule has 1 fully saturated rings. The van der Waals surface area contributed by atoms with E-state index in [2.05, 4.69) is 95.0 Å². The highest BCUT2D eigenvalue weighted by Crippen LogP contribution is 2.25. The summed E-state index contributed by atoms with van der Waals surface area (Å²) in [7, 11) is 0. The minimum Gasteiger partial charge on any atom is -0.508 e. The van der Waals surface area contributed by atoms with E-state index in [4.69, 9.17) is 55.4 Å². The van der Waals surface area contributed by atoms with E-state index in [1.54, 1.807) is 41.5 Å². The number of ether oxygens (including phenoxy) is 1. The van der Waals surface area contributed by atoms with Gasteiger partial charge in [-0.1, -0.05) is 79.7 Å². The number of benzene rings is 2. The van der Waals surface area contributed by atoms with Crippen molar-refractivity contribution in [2.24, 2.45) is 58.1 Å². The smallest absolute Gasteiger partial charge is 0.246 e. The maximum atomic E-state index is 15.1. The molecule has 0 unspecified atom stereocenters. The molecule has 4 rings (SSSR count). The standard InChI is InChI=1S/C82H131N27O19/c1-42(2)33-57(97-46(9)110)71(120)99-53(14-11-29-94-80(88)89)68(117)105-61(38-49-40-92-41-96-49)74(123)104-60(37-48-18-22-51(112)23-19-48)73(122)102-58(34-43(3)4)72(121)106-62(39-64(84)114)75(124)103-59(35-44(5)6)76(125)108-65(45(7)8)77(126)109-82(26-31-128-32-27-82)78(127)107-54(15-12-30-95-81(90)91)69(118)100-55(24-25-63(83)113)70(119)98-52(13-10-28-93-79(86)87)67(116)101-56(66(85)115)36-47-16-20-50(111)21-17-47/h16-23,40-45,52-62,65,111-112H,10-15,24-39H2,1-9H3,(H2,83,113)(H2,84,114)(H2,85,115)(H,92,96)(H,97,110)(H,98,119)(H,99,120)(H,100,118)(H,101,116)(H,102,122)(H,103,124)(H,104,123)(H,105,117)(H,106,121)(H,107,127)(H,108,125)(H,109,126)(H4,86,87,93)(H4,88,89,94)(H4,90,91,95)/t52-,53-,54-,55-,56-,57-,58-,59-,60-,61-,62-,65-/m0/s1. The van der Waals surface area contributed by atoms with Crippen LogP contribution in [0.4, 0.5) is 0 Å². The zero-order valence-corrected chi connectivity index (χ0v) is 73.8. The number of carbonyl (C=O) groups excluding carboxylic acids is 16. The predicted molar refractivity (Wildman–Crippen MR) is 468 cm³/mol. The number of imidazole rings is 1. The lowest BCUT2D eigenvalue weighted by atomic mass is 9.87. The highest BCUT2D eigenvalue weighted by Gasteiger charge is 2.46. The van der Waals surface area contributed by atoms with Crippen molar-refractivity contribution in [1.82, 2.24) is 95.0 Å². The number of hydrogen-bond acceptors (Lipinski definition) is 23. The van der Waals surface area contributed by atoms with Crippen molar-refractivity contribution >= 4 is 112 Å². The first-order valence-corrected chi connectivity index (χ1v) is 42.4. The number of hydrogen-bond donors (Lipinski definition) is 28. The number of H-pyrrole nitrogens is 1. The zero-order chi connectivity index (χ0) is 95.7. The minimum absolute atomic E-state index is 0.0148. The van der Waals surface area contributed by atoms with Crippen molar-refractivity contribution in [3.05, 3.63) is 77.9 Å². The van der Waals surface area contributed by atoms with Gasteiger partial charge in [-0.3, -0.25) is 92.9 Å². The third-order valence-electron chi connectivity index (χ3n) is 20.3. The molecule has 0 aliphatic carbocycles. The van der Waals surface area contributed by atoms with E-state index in [-0.39, 0.29) is 146 Å². The topological polar surface area (TPSA) is 772 Å². The average molecular weight is 1800 g/mol. The van der Waals surface area contributed by atoms with Crippen molar-refractivity contribution in [2.75, 3.05) is 32.8 Å². The Balaban J connectivity index is 1.66. The van der Waals surface area contributed by atoms with Crippen molar-refractivity contribution in [3.63, 3.8) is 0 Å². The monoisotopic (exact) mass is 1800 g/mol. The summed E-state index contributed by atoms with van der Waals surface area (Å²) in [6, 6.07) is -6.90. The quantitative estimate of drug-likeness (QED) is 0.0142. The van der Waals surface area contributed by atoms with Gasteiger partial charge >= 0.3 is 0 Å². The summed E-state index contributed by atoms with van der Waals surface area (Å²) in [5.74, 6) is -18.2. The molecule has 12 atom stereocenters. The highest BCUT2D eigenvalue weighted by molar-refractivity contribution is 6.02. The zero-order valence-electron chi connectivity index (χ0n) is 73.8. The van der Waals surface area contributed by atoms with Gasteiger partial charge in [-0.05, 0) is 123 Å². The number of phenols is 2. The van der Waals surface area contributed by atoms with Crippen LogP contribution in [0.3, 0.4) is 0 Å². The molecule has 16 amide bonds.